The number of hydrogen-bond donors (Lipinski definition) is 3. The second-order valence-electron chi connectivity index (χ2n) is 11.3. The van der Waals surface area contributed by atoms with Gasteiger partial charge in [0.2, 0.25) is 0 Å². The average molecular weight is 579 g/mol. The fourth-order valence-electron chi connectivity index (χ4n) is 5.59. The van der Waals surface area contributed by atoms with Crippen molar-refractivity contribution in [1.29, 1.82) is 0 Å². The summed E-state index contributed by atoms with van der Waals surface area (Å²) in [5, 5.41) is 5.38. The van der Waals surface area contributed by atoms with E-state index in [1.807, 2.05) is 60.7 Å². The summed E-state index contributed by atoms with van der Waals surface area (Å²) < 4.78 is 10.8. The zero-order valence-electron chi connectivity index (χ0n) is 24.1. The Bertz CT molecular complexity index is 1190. The molecule has 4 N–H and O–H groups in total. The maximum atomic E-state index is 12.8. The zero-order valence-corrected chi connectivity index (χ0v) is 24.1. The van der Waals surface area contributed by atoms with Crippen LogP contribution in [0.1, 0.15) is 75.3 Å². The average Bonchev–Trinajstić information content (AvgIpc) is 3.46. The lowest BCUT2D eigenvalue weighted by Crippen LogP contribution is -2.59. The predicted molar refractivity (Wildman–Crippen MR) is 157 cm³/mol. The number of benzene rings is 2. The van der Waals surface area contributed by atoms with Gasteiger partial charge in [-0.3, -0.25) is 4.79 Å². The van der Waals surface area contributed by atoms with Gasteiger partial charge in [-0.15, -0.1) is 0 Å². The molecule has 0 aromatic heterocycles. The molecule has 10 nitrogen and oxygen atoms in total. The summed E-state index contributed by atoms with van der Waals surface area (Å²) in [4.78, 5) is 49.9. The Morgan fingerprint density at radius 3 is 1.76 bits per heavy atom. The van der Waals surface area contributed by atoms with Crippen LogP contribution in [-0.4, -0.2) is 53.1 Å². The van der Waals surface area contributed by atoms with E-state index in [0.29, 0.717) is 32.5 Å². The predicted octanol–water partition coefficient (Wildman–Crippen LogP) is 4.56. The first-order valence-electron chi connectivity index (χ1n) is 14.9. The first-order chi connectivity index (χ1) is 20.3. The SMILES string of the molecule is NC1(C(=O)OCc2ccccc2)CCCCC1.O=C1NCCN1C(=O)NC1(C(=O)OCc2ccccc2)CCCCC1. The number of nitrogens with two attached hydrogens (primary N) is 1. The fraction of sp³-hybridized carbons (Fsp3) is 0.500. The molecular weight excluding hydrogens is 536 g/mol. The van der Waals surface area contributed by atoms with Gasteiger partial charge in [0.1, 0.15) is 24.3 Å². The molecule has 3 aliphatic rings. The molecule has 2 saturated carbocycles. The number of carbonyl (C=O) groups is 4. The monoisotopic (exact) mass is 578 g/mol. The van der Waals surface area contributed by atoms with Gasteiger partial charge >= 0.3 is 24.0 Å². The molecule has 3 fully saturated rings. The van der Waals surface area contributed by atoms with Crippen LogP contribution in [0.5, 0.6) is 0 Å². The molecule has 0 bridgehead atoms. The molecule has 42 heavy (non-hydrogen) atoms. The van der Waals surface area contributed by atoms with Crippen molar-refractivity contribution in [3.63, 3.8) is 0 Å². The van der Waals surface area contributed by atoms with Gasteiger partial charge in [-0.1, -0.05) is 99.2 Å². The van der Waals surface area contributed by atoms with Crippen LogP contribution in [0.2, 0.25) is 0 Å². The first kappa shape index (κ1) is 31.0. The maximum absolute atomic E-state index is 12.8. The molecule has 0 radical (unpaired) electrons. The van der Waals surface area contributed by atoms with Gasteiger partial charge in [-0.2, -0.15) is 0 Å². The molecule has 2 aliphatic carbocycles. The van der Waals surface area contributed by atoms with Crippen LogP contribution < -0.4 is 16.4 Å². The molecule has 0 unspecified atom stereocenters. The molecule has 10 heteroatoms. The van der Waals surface area contributed by atoms with E-state index in [9.17, 15) is 19.2 Å². The maximum Gasteiger partial charge on any atom is 0.332 e. The minimum absolute atomic E-state index is 0.168. The lowest BCUT2D eigenvalue weighted by molar-refractivity contribution is -0.154. The van der Waals surface area contributed by atoms with Crippen molar-refractivity contribution in [2.75, 3.05) is 13.1 Å². The number of ether oxygens (including phenoxy) is 2. The molecule has 0 spiro atoms. The summed E-state index contributed by atoms with van der Waals surface area (Å²) in [6.07, 6.45) is 8.48. The van der Waals surface area contributed by atoms with Crippen molar-refractivity contribution in [2.45, 2.75) is 88.5 Å². The van der Waals surface area contributed by atoms with E-state index in [2.05, 4.69) is 10.6 Å². The van der Waals surface area contributed by atoms with E-state index in [1.165, 1.54) is 6.42 Å². The topological polar surface area (TPSA) is 140 Å². The number of nitrogens with zero attached hydrogens (tertiary/aromatic N) is 1. The van der Waals surface area contributed by atoms with Crippen molar-refractivity contribution >= 4 is 24.0 Å². The third kappa shape index (κ3) is 8.31. The van der Waals surface area contributed by atoms with E-state index in [0.717, 1.165) is 61.0 Å². The summed E-state index contributed by atoms with van der Waals surface area (Å²) in [5.74, 6) is -0.676. The third-order valence-electron chi connectivity index (χ3n) is 8.12. The summed E-state index contributed by atoms with van der Waals surface area (Å²) in [6, 6.07) is 18.2. The number of carbonyl (C=O) groups excluding carboxylic acids is 4. The highest BCUT2D eigenvalue weighted by molar-refractivity contribution is 5.97. The third-order valence-corrected chi connectivity index (χ3v) is 8.12. The Hall–Kier alpha value is -3.92. The largest absolute Gasteiger partial charge is 0.459 e. The molecule has 1 saturated heterocycles. The van der Waals surface area contributed by atoms with Crippen LogP contribution in [0.4, 0.5) is 9.59 Å². The minimum atomic E-state index is -1.05. The van der Waals surface area contributed by atoms with E-state index in [4.69, 9.17) is 15.2 Å². The zero-order chi connectivity index (χ0) is 29.8. The van der Waals surface area contributed by atoms with Crippen LogP contribution in [0.25, 0.3) is 0 Å². The highest BCUT2D eigenvalue weighted by Crippen LogP contribution is 2.30. The Labute approximate surface area is 247 Å². The lowest BCUT2D eigenvalue weighted by atomic mass is 9.81. The van der Waals surface area contributed by atoms with Crippen LogP contribution in [0.3, 0.4) is 0 Å². The number of esters is 2. The normalized spacial score (nSPS) is 19.0. The van der Waals surface area contributed by atoms with Gasteiger partial charge in [0.25, 0.3) is 0 Å². The van der Waals surface area contributed by atoms with Crippen LogP contribution >= 0.6 is 0 Å². The number of hydrogen-bond acceptors (Lipinski definition) is 7. The summed E-state index contributed by atoms with van der Waals surface area (Å²) >= 11 is 0. The molecule has 5 rings (SSSR count). The van der Waals surface area contributed by atoms with Crippen molar-refractivity contribution in [2.24, 2.45) is 5.73 Å². The first-order valence-corrected chi connectivity index (χ1v) is 14.9. The lowest BCUT2D eigenvalue weighted by Gasteiger charge is -2.36. The van der Waals surface area contributed by atoms with E-state index in [-0.39, 0.29) is 12.6 Å². The highest BCUT2D eigenvalue weighted by atomic mass is 16.5. The quantitative estimate of drug-likeness (QED) is 0.409. The van der Waals surface area contributed by atoms with Crippen molar-refractivity contribution < 1.29 is 28.7 Å². The molecule has 0 atom stereocenters. The Balaban J connectivity index is 0.000000208. The van der Waals surface area contributed by atoms with Crippen LogP contribution in [-0.2, 0) is 32.3 Å². The number of rotatable bonds is 7. The molecule has 1 heterocycles. The summed E-state index contributed by atoms with van der Waals surface area (Å²) in [7, 11) is 0. The smallest absolute Gasteiger partial charge is 0.332 e. The van der Waals surface area contributed by atoms with E-state index < -0.39 is 29.1 Å². The van der Waals surface area contributed by atoms with E-state index >= 15 is 0 Å². The van der Waals surface area contributed by atoms with Gasteiger partial charge in [0, 0.05) is 13.1 Å². The number of amides is 4. The molecule has 2 aromatic carbocycles. The number of nitrogens with one attached hydrogen (secondary N) is 2. The van der Waals surface area contributed by atoms with Gasteiger partial charge in [0.05, 0.1) is 0 Å². The van der Waals surface area contributed by atoms with Crippen molar-refractivity contribution in [3.8, 4) is 0 Å². The van der Waals surface area contributed by atoms with Gasteiger partial charge in [-0.05, 0) is 36.8 Å². The molecule has 2 aromatic rings. The van der Waals surface area contributed by atoms with Gasteiger partial charge in [-0.25, -0.2) is 19.3 Å². The Morgan fingerprint density at radius 1 is 0.762 bits per heavy atom. The second kappa shape index (κ2) is 14.8. The second-order valence-corrected chi connectivity index (χ2v) is 11.3. The van der Waals surface area contributed by atoms with Crippen molar-refractivity contribution in [1.82, 2.24) is 15.5 Å². The molecular formula is C32H42N4O6. The summed E-state index contributed by atoms with van der Waals surface area (Å²) in [6.45, 7) is 1.22. The van der Waals surface area contributed by atoms with Gasteiger partial charge in [0.15, 0.2) is 0 Å². The van der Waals surface area contributed by atoms with Gasteiger partial charge < -0.3 is 25.8 Å². The highest BCUT2D eigenvalue weighted by Gasteiger charge is 2.44. The van der Waals surface area contributed by atoms with Crippen LogP contribution in [0, 0.1) is 0 Å². The van der Waals surface area contributed by atoms with Crippen molar-refractivity contribution in [3.05, 3.63) is 71.8 Å². The molecule has 4 amide bonds. The number of urea groups is 2. The van der Waals surface area contributed by atoms with E-state index in [1.54, 1.807) is 0 Å². The Morgan fingerprint density at radius 2 is 1.26 bits per heavy atom. The van der Waals surface area contributed by atoms with Crippen LogP contribution in [0.15, 0.2) is 60.7 Å². The number of imide groups is 1. The minimum Gasteiger partial charge on any atom is -0.459 e. The standard InChI is InChI=1S/C18H23N3O4.C14H19NO2/c22-15(25-13-14-7-3-1-4-8-14)18(9-5-2-6-10-18)20-17(24)21-12-11-19-16(21)23;15-14(9-5-2-6-10-14)13(16)17-11-12-7-3-1-4-8-12/h1,3-4,7-8H,2,5-6,9-13H2,(H,19,23)(H,20,24);1,3-4,7-8H,2,5-6,9-11,15H2. The molecule has 1 aliphatic heterocycles. The Kier molecular flexibility index (Phi) is 10.9. The summed E-state index contributed by atoms with van der Waals surface area (Å²) in [5.41, 5.74) is 6.20. The fourth-order valence-corrected chi connectivity index (χ4v) is 5.59. The molecule has 226 valence electrons.